The smallest absolute Gasteiger partial charge is 0.332 e. The third-order valence-electron chi connectivity index (χ3n) is 1.68. The summed E-state index contributed by atoms with van der Waals surface area (Å²) in [5.41, 5.74) is 0. The van der Waals surface area contributed by atoms with Crippen LogP contribution in [0.2, 0.25) is 0 Å². The van der Waals surface area contributed by atoms with E-state index >= 15 is 0 Å². The SMILES string of the molecule is COCc1ccc(CC(O)C(=O)O)o1. The van der Waals surface area contributed by atoms with Crippen molar-refractivity contribution in [2.45, 2.75) is 19.1 Å². The zero-order valence-corrected chi connectivity index (χ0v) is 7.77. The fraction of sp³-hybridized carbons (Fsp3) is 0.444. The van der Waals surface area contributed by atoms with Gasteiger partial charge >= 0.3 is 5.97 Å². The van der Waals surface area contributed by atoms with E-state index in [1.807, 2.05) is 0 Å². The van der Waals surface area contributed by atoms with Gasteiger partial charge in [-0.2, -0.15) is 0 Å². The number of methoxy groups -OCH3 is 1. The van der Waals surface area contributed by atoms with Crippen molar-refractivity contribution in [2.24, 2.45) is 0 Å². The Hall–Kier alpha value is -1.33. The predicted molar refractivity (Wildman–Crippen MR) is 46.8 cm³/mol. The van der Waals surface area contributed by atoms with Crippen LogP contribution >= 0.6 is 0 Å². The molecule has 1 atom stereocenters. The first-order valence-corrected chi connectivity index (χ1v) is 4.11. The lowest BCUT2D eigenvalue weighted by molar-refractivity contribution is -0.146. The molecule has 1 unspecified atom stereocenters. The molecule has 0 aliphatic rings. The van der Waals surface area contributed by atoms with Crippen molar-refractivity contribution in [3.8, 4) is 0 Å². The quantitative estimate of drug-likeness (QED) is 0.719. The van der Waals surface area contributed by atoms with Crippen molar-refractivity contribution in [3.63, 3.8) is 0 Å². The highest BCUT2D eigenvalue weighted by molar-refractivity contribution is 5.72. The number of carboxylic acids is 1. The molecule has 14 heavy (non-hydrogen) atoms. The number of aliphatic carboxylic acids is 1. The first-order valence-electron chi connectivity index (χ1n) is 4.11. The molecule has 0 fully saturated rings. The molecule has 1 heterocycles. The van der Waals surface area contributed by atoms with Crippen molar-refractivity contribution in [2.75, 3.05) is 7.11 Å². The summed E-state index contributed by atoms with van der Waals surface area (Å²) in [6, 6.07) is 3.31. The Kier molecular flexibility index (Phi) is 3.67. The average Bonchev–Trinajstić information content (AvgIpc) is 2.53. The van der Waals surface area contributed by atoms with Gasteiger partial charge in [0.1, 0.15) is 18.1 Å². The summed E-state index contributed by atoms with van der Waals surface area (Å²) in [5.74, 6) is -0.207. The van der Waals surface area contributed by atoms with Crippen LogP contribution in [0.15, 0.2) is 16.5 Å². The topological polar surface area (TPSA) is 79.9 Å². The number of rotatable bonds is 5. The van der Waals surface area contributed by atoms with Gasteiger partial charge in [-0.15, -0.1) is 0 Å². The molecule has 1 rings (SSSR count). The van der Waals surface area contributed by atoms with Crippen molar-refractivity contribution in [1.82, 2.24) is 0 Å². The molecule has 0 aromatic carbocycles. The Morgan fingerprint density at radius 2 is 2.21 bits per heavy atom. The number of hydrogen-bond acceptors (Lipinski definition) is 4. The highest BCUT2D eigenvalue weighted by atomic mass is 16.5. The van der Waals surface area contributed by atoms with Gasteiger partial charge in [-0.3, -0.25) is 0 Å². The second-order valence-corrected chi connectivity index (χ2v) is 2.86. The van der Waals surface area contributed by atoms with E-state index in [2.05, 4.69) is 0 Å². The maximum atomic E-state index is 10.3. The van der Waals surface area contributed by atoms with Crippen LogP contribution in [0, 0.1) is 0 Å². The van der Waals surface area contributed by atoms with Gasteiger partial charge in [0.2, 0.25) is 0 Å². The number of hydrogen-bond donors (Lipinski definition) is 2. The Morgan fingerprint density at radius 1 is 1.57 bits per heavy atom. The molecule has 0 saturated heterocycles. The Morgan fingerprint density at radius 3 is 2.79 bits per heavy atom. The van der Waals surface area contributed by atoms with Crippen LogP contribution in [0.5, 0.6) is 0 Å². The van der Waals surface area contributed by atoms with Gasteiger partial charge in [0, 0.05) is 13.5 Å². The van der Waals surface area contributed by atoms with Crippen molar-refractivity contribution < 1.29 is 24.2 Å². The average molecular weight is 200 g/mol. The molecule has 1 aromatic rings. The summed E-state index contributed by atoms with van der Waals surface area (Å²) in [6.07, 6.45) is -1.45. The van der Waals surface area contributed by atoms with Crippen molar-refractivity contribution >= 4 is 5.97 Å². The van der Waals surface area contributed by atoms with Gasteiger partial charge in [-0.25, -0.2) is 4.79 Å². The molecule has 1 aromatic heterocycles. The number of furan rings is 1. The van der Waals surface area contributed by atoms with Crippen LogP contribution in [-0.4, -0.2) is 29.4 Å². The van der Waals surface area contributed by atoms with E-state index in [-0.39, 0.29) is 6.42 Å². The van der Waals surface area contributed by atoms with E-state index in [1.165, 1.54) is 7.11 Å². The highest BCUT2D eigenvalue weighted by Gasteiger charge is 2.15. The van der Waals surface area contributed by atoms with Crippen LogP contribution in [0.1, 0.15) is 11.5 Å². The summed E-state index contributed by atoms with van der Waals surface area (Å²) in [6.45, 7) is 0.336. The molecule has 0 aliphatic carbocycles. The summed E-state index contributed by atoms with van der Waals surface area (Å²) < 4.78 is 10.0. The Labute approximate surface area is 80.9 Å². The van der Waals surface area contributed by atoms with Crippen LogP contribution in [-0.2, 0) is 22.6 Å². The predicted octanol–water partition coefficient (Wildman–Crippen LogP) is 0.414. The standard InChI is InChI=1S/C9H12O5/c1-13-5-7-3-2-6(14-7)4-8(10)9(11)12/h2-3,8,10H,4-5H2,1H3,(H,11,12). The maximum Gasteiger partial charge on any atom is 0.332 e. The van der Waals surface area contributed by atoms with Crippen molar-refractivity contribution in [1.29, 1.82) is 0 Å². The molecule has 0 aliphatic heterocycles. The van der Waals surface area contributed by atoms with Gasteiger partial charge < -0.3 is 19.4 Å². The molecule has 0 saturated carbocycles. The van der Waals surface area contributed by atoms with E-state index in [9.17, 15) is 4.79 Å². The number of ether oxygens (including phenoxy) is 1. The van der Waals surface area contributed by atoms with Crippen molar-refractivity contribution in [3.05, 3.63) is 23.7 Å². The van der Waals surface area contributed by atoms with Crippen LogP contribution in [0.4, 0.5) is 0 Å². The Bertz CT molecular complexity index is 304. The largest absolute Gasteiger partial charge is 0.479 e. The second kappa shape index (κ2) is 4.78. The van der Waals surface area contributed by atoms with Crippen LogP contribution in [0.3, 0.4) is 0 Å². The van der Waals surface area contributed by atoms with Gasteiger partial charge in [0.25, 0.3) is 0 Å². The molecular formula is C9H12O5. The minimum atomic E-state index is -1.42. The Balaban J connectivity index is 2.55. The van der Waals surface area contributed by atoms with Gasteiger partial charge in [0.15, 0.2) is 6.10 Å². The molecule has 5 nitrogen and oxygen atoms in total. The molecule has 0 radical (unpaired) electrons. The monoisotopic (exact) mass is 200 g/mol. The minimum absolute atomic E-state index is 0.0287. The highest BCUT2D eigenvalue weighted by Crippen LogP contribution is 2.10. The lowest BCUT2D eigenvalue weighted by Gasteiger charge is -2.01. The normalized spacial score (nSPS) is 12.7. The number of aliphatic hydroxyl groups excluding tert-OH is 1. The number of carbonyl (C=O) groups is 1. The van der Waals surface area contributed by atoms with E-state index in [4.69, 9.17) is 19.4 Å². The molecule has 0 amide bonds. The third-order valence-corrected chi connectivity index (χ3v) is 1.68. The van der Waals surface area contributed by atoms with E-state index in [0.29, 0.717) is 18.1 Å². The number of carboxylic acid groups (broad SMARTS) is 1. The molecule has 78 valence electrons. The maximum absolute atomic E-state index is 10.3. The first kappa shape index (κ1) is 10.7. The summed E-state index contributed by atoms with van der Waals surface area (Å²) >= 11 is 0. The van der Waals surface area contributed by atoms with Crippen LogP contribution in [0.25, 0.3) is 0 Å². The summed E-state index contributed by atoms with van der Waals surface area (Å²) in [7, 11) is 1.54. The fourth-order valence-electron chi connectivity index (χ4n) is 1.03. The zero-order valence-electron chi connectivity index (χ0n) is 7.77. The van der Waals surface area contributed by atoms with E-state index in [1.54, 1.807) is 12.1 Å². The number of aliphatic hydroxyl groups is 1. The fourth-order valence-corrected chi connectivity index (χ4v) is 1.03. The molecule has 0 spiro atoms. The van der Waals surface area contributed by atoms with Gasteiger partial charge in [-0.05, 0) is 12.1 Å². The lowest BCUT2D eigenvalue weighted by Crippen LogP contribution is -2.21. The summed E-state index contributed by atoms with van der Waals surface area (Å²) in [4.78, 5) is 10.3. The minimum Gasteiger partial charge on any atom is -0.479 e. The molecule has 0 bridgehead atoms. The van der Waals surface area contributed by atoms with Gasteiger partial charge in [0.05, 0.1) is 0 Å². The molecule has 2 N–H and O–H groups in total. The molecular weight excluding hydrogens is 188 g/mol. The molecule has 5 heteroatoms. The van der Waals surface area contributed by atoms with E-state index < -0.39 is 12.1 Å². The van der Waals surface area contributed by atoms with E-state index in [0.717, 1.165) is 0 Å². The first-order chi connectivity index (χ1) is 6.63. The summed E-state index contributed by atoms with van der Waals surface area (Å²) in [5, 5.41) is 17.5. The van der Waals surface area contributed by atoms with Crippen LogP contribution < -0.4 is 0 Å². The second-order valence-electron chi connectivity index (χ2n) is 2.86. The van der Waals surface area contributed by atoms with Gasteiger partial charge in [-0.1, -0.05) is 0 Å². The zero-order chi connectivity index (χ0) is 10.6. The third kappa shape index (κ3) is 2.86. The lowest BCUT2D eigenvalue weighted by atomic mass is 10.2.